The molecule has 3 fully saturated rings. The lowest BCUT2D eigenvalue weighted by atomic mass is 10.0. The van der Waals surface area contributed by atoms with Crippen LogP contribution in [0.5, 0.6) is 0 Å². The van der Waals surface area contributed by atoms with Gasteiger partial charge in [-0.15, -0.1) is 37.2 Å². The normalized spacial score (nSPS) is 21.1. The Morgan fingerprint density at radius 1 is 0.540 bits per heavy atom. The molecule has 3 aliphatic rings. The second-order valence-electron chi connectivity index (χ2n) is 13.4. The summed E-state index contributed by atoms with van der Waals surface area (Å²) in [6.07, 6.45) is 3.90. The van der Waals surface area contributed by atoms with E-state index in [0.717, 1.165) is 76.2 Å². The van der Waals surface area contributed by atoms with Crippen LogP contribution in [0, 0.1) is 23.3 Å². The first-order chi connectivity index (χ1) is 22.9. The number of rotatable bonds is 13. The van der Waals surface area contributed by atoms with Crippen LogP contribution >= 0.6 is 37.2 Å². The van der Waals surface area contributed by atoms with Gasteiger partial charge in [0.25, 0.3) is 0 Å². The molecule has 1 saturated heterocycles. The van der Waals surface area contributed by atoms with Gasteiger partial charge in [-0.05, 0) is 83.3 Å². The first kappa shape index (κ1) is 40.1. The van der Waals surface area contributed by atoms with Crippen LogP contribution in [0.15, 0.2) is 84.9 Å². The third-order valence-corrected chi connectivity index (χ3v) is 9.99. The second kappa shape index (κ2) is 18.2. The first-order valence-corrected chi connectivity index (χ1v) is 16.7. The van der Waals surface area contributed by atoms with E-state index in [1.807, 2.05) is 0 Å². The Morgan fingerprint density at radius 2 is 0.940 bits per heavy atom. The van der Waals surface area contributed by atoms with E-state index in [-0.39, 0.29) is 61.1 Å². The SMILES string of the molecule is Cl.Cl.Cl.Fc1ccc([C@@H]2C[C@H]2NCc2ccc(CN(Cc3ccc(CN[C@@H]4C[C@H]4c4ccc(F)c(F)c4)cc3)C3CCOCC3)cc2)cc1F. The maximum absolute atomic E-state index is 13.6. The zero-order chi connectivity index (χ0) is 32.3. The molecule has 4 atom stereocenters. The van der Waals surface area contributed by atoms with Crippen LogP contribution in [-0.4, -0.2) is 36.2 Å². The molecular formula is C39H44Cl3F4N3O. The molecule has 1 aliphatic heterocycles. The molecule has 0 unspecified atom stereocenters. The number of hydrogen-bond donors (Lipinski definition) is 2. The van der Waals surface area contributed by atoms with Crippen molar-refractivity contribution in [2.45, 2.75) is 81.8 Å². The molecule has 270 valence electrons. The van der Waals surface area contributed by atoms with Gasteiger partial charge in [-0.2, -0.15) is 0 Å². The Hall–Kier alpha value is -2.69. The van der Waals surface area contributed by atoms with E-state index >= 15 is 0 Å². The highest BCUT2D eigenvalue weighted by molar-refractivity contribution is 5.86. The lowest BCUT2D eigenvalue weighted by molar-refractivity contribution is 0.0277. The van der Waals surface area contributed by atoms with Crippen molar-refractivity contribution in [1.29, 1.82) is 0 Å². The maximum Gasteiger partial charge on any atom is 0.159 e. The minimum atomic E-state index is -0.801. The van der Waals surface area contributed by atoms with Crippen LogP contribution in [-0.2, 0) is 30.9 Å². The van der Waals surface area contributed by atoms with E-state index in [4.69, 9.17) is 4.74 Å². The highest BCUT2D eigenvalue weighted by Gasteiger charge is 2.39. The molecule has 0 radical (unpaired) electrons. The third kappa shape index (κ3) is 10.2. The molecule has 0 bridgehead atoms. The second-order valence-corrected chi connectivity index (χ2v) is 13.4. The molecule has 4 nitrogen and oxygen atoms in total. The average molecular weight is 753 g/mol. The molecule has 4 aromatic carbocycles. The van der Waals surface area contributed by atoms with Gasteiger partial charge in [0, 0.05) is 69.4 Å². The minimum Gasteiger partial charge on any atom is -0.381 e. The van der Waals surface area contributed by atoms with Crippen molar-refractivity contribution < 1.29 is 22.3 Å². The van der Waals surface area contributed by atoms with Gasteiger partial charge >= 0.3 is 0 Å². The van der Waals surface area contributed by atoms with E-state index in [9.17, 15) is 17.6 Å². The Morgan fingerprint density at radius 3 is 1.34 bits per heavy atom. The number of hydrogen-bond acceptors (Lipinski definition) is 4. The van der Waals surface area contributed by atoms with Gasteiger partial charge in [0.15, 0.2) is 23.3 Å². The summed E-state index contributed by atoms with van der Waals surface area (Å²) in [7, 11) is 0. The van der Waals surface area contributed by atoms with E-state index < -0.39 is 23.3 Å². The van der Waals surface area contributed by atoms with Crippen LogP contribution in [0.1, 0.15) is 70.9 Å². The maximum atomic E-state index is 13.6. The van der Waals surface area contributed by atoms with Crippen LogP contribution in [0.4, 0.5) is 17.6 Å². The molecule has 2 N–H and O–H groups in total. The van der Waals surface area contributed by atoms with E-state index in [0.29, 0.717) is 6.04 Å². The monoisotopic (exact) mass is 751 g/mol. The molecule has 0 aromatic heterocycles. The first-order valence-electron chi connectivity index (χ1n) is 16.7. The van der Waals surface area contributed by atoms with Gasteiger partial charge in [0.05, 0.1) is 0 Å². The van der Waals surface area contributed by atoms with E-state index in [2.05, 4.69) is 64.1 Å². The van der Waals surface area contributed by atoms with Crippen molar-refractivity contribution in [3.05, 3.63) is 142 Å². The Labute approximate surface area is 310 Å². The molecule has 11 heteroatoms. The van der Waals surface area contributed by atoms with Crippen molar-refractivity contribution in [3.8, 4) is 0 Å². The summed E-state index contributed by atoms with van der Waals surface area (Å²) in [5.74, 6) is -2.71. The summed E-state index contributed by atoms with van der Waals surface area (Å²) in [6.45, 7) is 4.77. The van der Waals surface area contributed by atoms with Crippen molar-refractivity contribution in [3.63, 3.8) is 0 Å². The molecule has 4 aromatic rings. The Balaban J connectivity index is 0.00000187. The summed E-state index contributed by atoms with van der Waals surface area (Å²) >= 11 is 0. The summed E-state index contributed by atoms with van der Waals surface area (Å²) in [5.41, 5.74) is 6.65. The van der Waals surface area contributed by atoms with Gasteiger partial charge in [0.1, 0.15) is 0 Å². The fraction of sp³-hybridized carbons (Fsp3) is 0.385. The third-order valence-electron chi connectivity index (χ3n) is 9.99. The van der Waals surface area contributed by atoms with E-state index in [1.54, 1.807) is 12.1 Å². The van der Waals surface area contributed by atoms with Gasteiger partial charge < -0.3 is 15.4 Å². The smallest absolute Gasteiger partial charge is 0.159 e. The lowest BCUT2D eigenvalue weighted by Gasteiger charge is -2.34. The average Bonchev–Trinajstić information content (AvgIpc) is 4.03. The highest BCUT2D eigenvalue weighted by Crippen LogP contribution is 2.42. The summed E-state index contributed by atoms with van der Waals surface area (Å²) in [6, 6.07) is 27.0. The summed E-state index contributed by atoms with van der Waals surface area (Å²) in [5, 5.41) is 7.13. The van der Waals surface area contributed by atoms with Gasteiger partial charge in [-0.3, -0.25) is 4.90 Å². The largest absolute Gasteiger partial charge is 0.381 e. The van der Waals surface area contributed by atoms with Gasteiger partial charge in [0.2, 0.25) is 0 Å². The quantitative estimate of drug-likeness (QED) is 0.134. The Bertz CT molecular complexity index is 1560. The fourth-order valence-electron chi connectivity index (χ4n) is 6.92. The number of benzene rings is 4. The molecule has 1 heterocycles. The molecule has 50 heavy (non-hydrogen) atoms. The predicted octanol–water partition coefficient (Wildman–Crippen LogP) is 8.98. The molecule has 0 spiro atoms. The number of halogens is 7. The fourth-order valence-corrected chi connectivity index (χ4v) is 6.92. The number of nitrogens with one attached hydrogen (secondary N) is 2. The molecule has 0 amide bonds. The molecular weight excluding hydrogens is 709 g/mol. The standard InChI is InChI=1S/C39H41F4N3O.3ClH/c40-34-11-9-29(17-36(34)42)32-19-38(32)44-21-25-1-5-27(6-2-25)23-46(31-13-15-47-16-14-31)24-28-7-3-26(4-8-28)22-45-39-20-33(39)30-10-12-35(41)37(43)18-30;;;/h1-12,17-18,31-33,38-39,44-45H,13-16,19-24H2;3*1H/t32-,33-,38+,39+;;;/m0.../s1. The van der Waals surface area contributed by atoms with Gasteiger partial charge in [-0.1, -0.05) is 60.7 Å². The Kier molecular flexibility index (Phi) is 14.6. The van der Waals surface area contributed by atoms with Crippen molar-refractivity contribution in [2.24, 2.45) is 0 Å². The van der Waals surface area contributed by atoms with E-state index in [1.165, 1.54) is 46.5 Å². The minimum absolute atomic E-state index is 0. The van der Waals surface area contributed by atoms with Crippen LogP contribution < -0.4 is 10.6 Å². The highest BCUT2D eigenvalue weighted by atomic mass is 35.5. The van der Waals surface area contributed by atoms with Crippen LogP contribution in [0.25, 0.3) is 0 Å². The summed E-state index contributed by atoms with van der Waals surface area (Å²) < 4.78 is 59.5. The topological polar surface area (TPSA) is 36.5 Å². The molecule has 2 aliphatic carbocycles. The van der Waals surface area contributed by atoms with Gasteiger partial charge in [-0.25, -0.2) is 17.6 Å². The van der Waals surface area contributed by atoms with Crippen LogP contribution in [0.3, 0.4) is 0 Å². The zero-order valence-corrected chi connectivity index (χ0v) is 30.1. The molecule has 2 saturated carbocycles. The number of ether oxygens (including phenoxy) is 1. The van der Waals surface area contributed by atoms with Crippen molar-refractivity contribution >= 4 is 37.2 Å². The summed E-state index contributed by atoms with van der Waals surface area (Å²) in [4.78, 5) is 2.57. The lowest BCUT2D eigenvalue weighted by Crippen LogP contribution is -2.38. The zero-order valence-electron chi connectivity index (χ0n) is 27.6. The van der Waals surface area contributed by atoms with Crippen molar-refractivity contribution in [2.75, 3.05) is 13.2 Å². The number of nitrogens with zero attached hydrogens (tertiary/aromatic N) is 1. The predicted molar refractivity (Wildman–Crippen MR) is 196 cm³/mol. The van der Waals surface area contributed by atoms with Crippen LogP contribution in [0.2, 0.25) is 0 Å². The molecule has 7 rings (SSSR count). The van der Waals surface area contributed by atoms with Crippen molar-refractivity contribution in [1.82, 2.24) is 15.5 Å².